The van der Waals surface area contributed by atoms with Crippen molar-refractivity contribution < 1.29 is 13.5 Å². The van der Waals surface area contributed by atoms with E-state index in [9.17, 15) is 18.7 Å². The van der Waals surface area contributed by atoms with Gasteiger partial charge in [0, 0.05) is 41.5 Å². The van der Waals surface area contributed by atoms with Gasteiger partial charge < -0.3 is 5.32 Å². The number of rotatable bonds is 5. The van der Waals surface area contributed by atoms with Crippen LogP contribution in [0.5, 0.6) is 0 Å². The quantitative estimate of drug-likeness (QED) is 0.646. The maximum atomic E-state index is 13.2. The molecule has 1 aliphatic heterocycles. The zero-order valence-corrected chi connectivity index (χ0v) is 10.4. The van der Waals surface area contributed by atoms with Crippen LogP contribution >= 0.6 is 0 Å². The van der Waals surface area contributed by atoms with Gasteiger partial charge in [-0.3, -0.25) is 14.3 Å². The molecule has 0 bridgehead atoms. The van der Waals surface area contributed by atoms with Gasteiger partial charge in [0.05, 0.1) is 11.0 Å². The highest BCUT2D eigenvalue weighted by Crippen LogP contribution is 2.18. The number of hydrogen-bond donors (Lipinski definition) is 1. The number of non-ortho nitro benzene ring substituents is 1. The minimum atomic E-state index is -1.11. The molecule has 1 aliphatic rings. The summed E-state index contributed by atoms with van der Waals surface area (Å²) in [5.41, 5.74) is 0.111. The van der Waals surface area contributed by atoms with Crippen LogP contribution < -0.4 is 5.32 Å². The summed E-state index contributed by atoms with van der Waals surface area (Å²) in [6.45, 7) is 1.71. The molecule has 1 saturated heterocycles. The van der Waals surface area contributed by atoms with E-state index in [0.29, 0.717) is 17.2 Å². The number of nitrogens with zero attached hydrogens (tertiary/aromatic N) is 1. The first-order chi connectivity index (χ1) is 8.54. The molecule has 1 fully saturated rings. The fourth-order valence-corrected chi connectivity index (χ4v) is 3.21. The number of halogens is 1. The predicted molar refractivity (Wildman–Crippen MR) is 66.1 cm³/mol. The summed E-state index contributed by atoms with van der Waals surface area (Å²) in [5.74, 6) is 0.447. The van der Waals surface area contributed by atoms with E-state index in [1.54, 1.807) is 0 Å². The van der Waals surface area contributed by atoms with Crippen molar-refractivity contribution in [2.75, 3.05) is 18.8 Å². The van der Waals surface area contributed by atoms with Crippen LogP contribution in [-0.4, -0.2) is 28.0 Å². The lowest BCUT2D eigenvalue weighted by Crippen LogP contribution is -2.44. The van der Waals surface area contributed by atoms with Gasteiger partial charge in [-0.05, 0) is 17.5 Å². The minimum Gasteiger partial charge on any atom is -0.316 e. The molecule has 1 N–H and O–H groups in total. The standard InChI is InChI=1S/C11H13FN2O3S/c12-10-1-8(2-11(3-10)14(15)16)6-18(17)7-9-4-13-5-9/h1-3,9,13H,4-7H2. The normalized spacial score (nSPS) is 17.2. The molecule has 0 radical (unpaired) electrons. The van der Waals surface area contributed by atoms with Crippen molar-refractivity contribution in [2.24, 2.45) is 5.92 Å². The van der Waals surface area contributed by atoms with Crippen molar-refractivity contribution >= 4 is 16.5 Å². The van der Waals surface area contributed by atoms with E-state index in [1.807, 2.05) is 0 Å². The lowest BCUT2D eigenvalue weighted by molar-refractivity contribution is -0.385. The highest BCUT2D eigenvalue weighted by Gasteiger charge is 2.20. The molecule has 0 spiro atoms. The molecule has 2 rings (SSSR count). The van der Waals surface area contributed by atoms with Gasteiger partial charge in [-0.25, -0.2) is 4.39 Å². The Kier molecular flexibility index (Phi) is 4.03. The summed E-state index contributed by atoms with van der Waals surface area (Å²) in [4.78, 5) is 9.93. The molecule has 1 atom stereocenters. The molecule has 1 aromatic rings. The van der Waals surface area contributed by atoms with Crippen LogP contribution in [0.25, 0.3) is 0 Å². The highest BCUT2D eigenvalue weighted by molar-refractivity contribution is 7.84. The second-order valence-electron chi connectivity index (χ2n) is 4.35. The van der Waals surface area contributed by atoms with Crippen LogP contribution in [0.4, 0.5) is 10.1 Å². The molecule has 7 heteroatoms. The average Bonchev–Trinajstić information content (AvgIpc) is 2.22. The second-order valence-corrected chi connectivity index (χ2v) is 5.85. The lowest BCUT2D eigenvalue weighted by atomic mass is 10.1. The first kappa shape index (κ1) is 13.1. The number of hydrogen-bond acceptors (Lipinski definition) is 4. The Morgan fingerprint density at radius 3 is 2.72 bits per heavy atom. The van der Waals surface area contributed by atoms with Crippen LogP contribution in [0, 0.1) is 21.8 Å². The van der Waals surface area contributed by atoms with Gasteiger partial charge in [-0.15, -0.1) is 0 Å². The van der Waals surface area contributed by atoms with E-state index in [4.69, 9.17) is 0 Å². The molecule has 0 aromatic heterocycles. The first-order valence-electron chi connectivity index (χ1n) is 5.54. The van der Waals surface area contributed by atoms with E-state index in [1.165, 1.54) is 12.1 Å². The monoisotopic (exact) mass is 272 g/mol. The van der Waals surface area contributed by atoms with Crippen molar-refractivity contribution in [3.8, 4) is 0 Å². The Hall–Kier alpha value is -1.34. The number of benzene rings is 1. The summed E-state index contributed by atoms with van der Waals surface area (Å²) in [6.07, 6.45) is 0. The third-order valence-electron chi connectivity index (χ3n) is 2.77. The highest BCUT2D eigenvalue weighted by atomic mass is 32.2. The van der Waals surface area contributed by atoms with Crippen LogP contribution in [0.15, 0.2) is 18.2 Å². The molecular weight excluding hydrogens is 259 g/mol. The summed E-state index contributed by atoms with van der Waals surface area (Å²) in [7, 11) is -1.11. The Balaban J connectivity index is 2.03. The second kappa shape index (κ2) is 5.53. The van der Waals surface area contributed by atoms with Crippen LogP contribution in [0.1, 0.15) is 5.56 Å². The van der Waals surface area contributed by atoms with Crippen LogP contribution in [-0.2, 0) is 16.6 Å². The maximum absolute atomic E-state index is 13.2. The van der Waals surface area contributed by atoms with Gasteiger partial charge in [0.1, 0.15) is 5.82 Å². The predicted octanol–water partition coefficient (Wildman–Crippen LogP) is 1.20. The summed E-state index contributed by atoms with van der Waals surface area (Å²) in [5, 5.41) is 13.7. The van der Waals surface area contributed by atoms with Gasteiger partial charge >= 0.3 is 0 Å². The summed E-state index contributed by atoms with van der Waals surface area (Å²) in [6, 6.07) is 3.34. The van der Waals surface area contributed by atoms with Gasteiger partial charge in [0.15, 0.2) is 0 Å². The van der Waals surface area contributed by atoms with Crippen molar-refractivity contribution in [2.45, 2.75) is 5.75 Å². The van der Waals surface area contributed by atoms with Crippen molar-refractivity contribution in [1.82, 2.24) is 5.32 Å². The van der Waals surface area contributed by atoms with Gasteiger partial charge in [0.25, 0.3) is 5.69 Å². The summed E-state index contributed by atoms with van der Waals surface area (Å²) >= 11 is 0. The largest absolute Gasteiger partial charge is 0.316 e. The van der Waals surface area contributed by atoms with Gasteiger partial charge in [-0.1, -0.05) is 0 Å². The Morgan fingerprint density at radius 1 is 1.44 bits per heavy atom. The van der Waals surface area contributed by atoms with E-state index in [2.05, 4.69) is 5.32 Å². The van der Waals surface area contributed by atoms with Crippen molar-refractivity contribution in [3.63, 3.8) is 0 Å². The van der Waals surface area contributed by atoms with Crippen molar-refractivity contribution in [1.29, 1.82) is 0 Å². The molecule has 98 valence electrons. The minimum absolute atomic E-state index is 0.162. The Labute approximate surface area is 106 Å². The fourth-order valence-electron chi connectivity index (χ4n) is 1.80. The molecule has 0 amide bonds. The fraction of sp³-hybridized carbons (Fsp3) is 0.455. The zero-order chi connectivity index (χ0) is 13.1. The van der Waals surface area contributed by atoms with E-state index in [-0.39, 0.29) is 11.4 Å². The average molecular weight is 272 g/mol. The maximum Gasteiger partial charge on any atom is 0.272 e. The van der Waals surface area contributed by atoms with Crippen LogP contribution in [0.2, 0.25) is 0 Å². The molecule has 1 heterocycles. The number of nitrogens with one attached hydrogen (secondary N) is 1. The number of nitro groups is 1. The first-order valence-corrected chi connectivity index (χ1v) is 7.03. The van der Waals surface area contributed by atoms with Crippen LogP contribution in [0.3, 0.4) is 0 Å². The van der Waals surface area contributed by atoms with Gasteiger partial charge in [0.2, 0.25) is 0 Å². The number of nitro benzene ring substituents is 1. The van der Waals surface area contributed by atoms with E-state index >= 15 is 0 Å². The SMILES string of the molecule is O=[N+]([O-])c1cc(F)cc(CS(=O)CC2CNC2)c1. The molecule has 0 aliphatic carbocycles. The summed E-state index contributed by atoms with van der Waals surface area (Å²) < 4.78 is 25.0. The molecule has 5 nitrogen and oxygen atoms in total. The molecule has 1 aromatic carbocycles. The molecular formula is C11H13FN2O3S. The third kappa shape index (κ3) is 3.33. The smallest absolute Gasteiger partial charge is 0.272 e. The zero-order valence-electron chi connectivity index (χ0n) is 9.60. The Bertz CT molecular complexity index is 491. The topological polar surface area (TPSA) is 72.2 Å². The lowest BCUT2D eigenvalue weighted by Gasteiger charge is -2.26. The van der Waals surface area contributed by atoms with E-state index in [0.717, 1.165) is 19.2 Å². The third-order valence-corrected chi connectivity index (χ3v) is 4.27. The van der Waals surface area contributed by atoms with E-state index < -0.39 is 21.5 Å². The van der Waals surface area contributed by atoms with Gasteiger partial charge in [-0.2, -0.15) is 0 Å². The molecule has 1 unspecified atom stereocenters. The molecule has 0 saturated carbocycles. The molecule has 18 heavy (non-hydrogen) atoms. The Morgan fingerprint density at radius 2 is 2.17 bits per heavy atom. The van der Waals surface area contributed by atoms with Crippen molar-refractivity contribution in [3.05, 3.63) is 39.7 Å².